The molecule has 3 rings (SSSR count). The minimum absolute atomic E-state index is 0.0273. The van der Waals surface area contributed by atoms with E-state index in [0.717, 1.165) is 0 Å². The lowest BCUT2D eigenvalue weighted by Gasteiger charge is -2.32. The van der Waals surface area contributed by atoms with Gasteiger partial charge in [0.1, 0.15) is 5.76 Å². The second-order valence-electron chi connectivity index (χ2n) is 5.72. The molecule has 8 heteroatoms. The molecule has 0 spiro atoms. The number of pyridine rings is 1. The third-order valence-corrected chi connectivity index (χ3v) is 3.91. The van der Waals surface area contributed by atoms with Crippen LogP contribution < -0.4 is 10.6 Å². The molecule has 0 aromatic carbocycles. The summed E-state index contributed by atoms with van der Waals surface area (Å²) in [5, 5.41) is 9.47. The van der Waals surface area contributed by atoms with Gasteiger partial charge in [-0.25, -0.2) is 4.79 Å². The van der Waals surface area contributed by atoms with Gasteiger partial charge in [0, 0.05) is 43.3 Å². The second-order valence-corrected chi connectivity index (χ2v) is 5.72. The maximum atomic E-state index is 12.2. The molecule has 2 N–H and O–H groups in total. The smallest absolute Gasteiger partial charge is 0.321 e. The molecule has 2 aromatic heterocycles. The summed E-state index contributed by atoms with van der Waals surface area (Å²) in [5.41, 5.74) is 0.997. The van der Waals surface area contributed by atoms with Crippen molar-refractivity contribution in [1.29, 1.82) is 0 Å². The van der Waals surface area contributed by atoms with Crippen LogP contribution in [-0.4, -0.2) is 46.1 Å². The third-order valence-electron chi connectivity index (χ3n) is 3.91. The van der Waals surface area contributed by atoms with E-state index in [-0.39, 0.29) is 23.7 Å². The molecule has 2 aromatic rings. The standard InChI is InChI=1S/C16H19N5O3/c1-11-10-14(20-24-11)15(22)18-13-4-8-21(9-5-13)16(23)19-12-2-6-17-7-3-12/h2-3,6-7,10,13H,4-5,8-9H2,1H3,(H,18,22)(H,17,19,23). The molecule has 3 heterocycles. The molecule has 24 heavy (non-hydrogen) atoms. The van der Waals surface area contributed by atoms with Crippen molar-refractivity contribution >= 4 is 17.6 Å². The summed E-state index contributed by atoms with van der Waals surface area (Å²) in [6.45, 7) is 2.91. The van der Waals surface area contributed by atoms with E-state index < -0.39 is 0 Å². The zero-order valence-electron chi connectivity index (χ0n) is 13.4. The molecule has 1 aliphatic heterocycles. The molecule has 1 fully saturated rings. The summed E-state index contributed by atoms with van der Waals surface area (Å²) in [6.07, 6.45) is 4.66. The van der Waals surface area contributed by atoms with Crippen LogP contribution in [0.25, 0.3) is 0 Å². The van der Waals surface area contributed by atoms with Crippen molar-refractivity contribution in [3.05, 3.63) is 42.0 Å². The molecular formula is C16H19N5O3. The second kappa shape index (κ2) is 7.12. The Morgan fingerprint density at radius 3 is 2.58 bits per heavy atom. The highest BCUT2D eigenvalue weighted by molar-refractivity contribution is 5.92. The van der Waals surface area contributed by atoms with Gasteiger partial charge in [0.05, 0.1) is 0 Å². The molecule has 8 nitrogen and oxygen atoms in total. The van der Waals surface area contributed by atoms with Gasteiger partial charge in [-0.1, -0.05) is 5.16 Å². The summed E-state index contributed by atoms with van der Waals surface area (Å²) < 4.78 is 4.90. The first-order valence-corrected chi connectivity index (χ1v) is 7.82. The molecule has 0 saturated carbocycles. The lowest BCUT2D eigenvalue weighted by molar-refractivity contribution is 0.0910. The van der Waals surface area contributed by atoms with Gasteiger partial charge in [-0.05, 0) is 31.9 Å². The largest absolute Gasteiger partial charge is 0.361 e. The van der Waals surface area contributed by atoms with Crippen molar-refractivity contribution in [2.45, 2.75) is 25.8 Å². The molecule has 1 aliphatic rings. The zero-order chi connectivity index (χ0) is 16.9. The fourth-order valence-electron chi connectivity index (χ4n) is 2.60. The van der Waals surface area contributed by atoms with E-state index in [4.69, 9.17) is 4.52 Å². The van der Waals surface area contributed by atoms with Crippen molar-refractivity contribution in [2.24, 2.45) is 0 Å². The molecule has 0 aliphatic carbocycles. The Balaban J connectivity index is 1.47. The van der Waals surface area contributed by atoms with E-state index in [1.807, 2.05) is 0 Å². The van der Waals surface area contributed by atoms with Crippen LogP contribution in [0, 0.1) is 6.92 Å². The SMILES string of the molecule is Cc1cc(C(=O)NC2CCN(C(=O)Nc3ccncc3)CC2)no1. The highest BCUT2D eigenvalue weighted by atomic mass is 16.5. The minimum atomic E-state index is -0.244. The van der Waals surface area contributed by atoms with Crippen LogP contribution in [0.4, 0.5) is 10.5 Å². The van der Waals surface area contributed by atoms with Crippen molar-refractivity contribution in [1.82, 2.24) is 20.4 Å². The Hall–Kier alpha value is -2.90. The van der Waals surface area contributed by atoms with Crippen LogP contribution in [-0.2, 0) is 0 Å². The number of nitrogens with one attached hydrogen (secondary N) is 2. The van der Waals surface area contributed by atoms with Gasteiger partial charge in [-0.3, -0.25) is 9.78 Å². The number of likely N-dealkylation sites (tertiary alicyclic amines) is 1. The summed E-state index contributed by atoms with van der Waals surface area (Å²) in [7, 11) is 0. The van der Waals surface area contributed by atoms with Gasteiger partial charge >= 0.3 is 6.03 Å². The Labute approximate surface area is 139 Å². The van der Waals surface area contributed by atoms with Crippen LogP contribution >= 0.6 is 0 Å². The van der Waals surface area contributed by atoms with Crippen molar-refractivity contribution in [3.8, 4) is 0 Å². The van der Waals surface area contributed by atoms with Gasteiger partial charge in [0.2, 0.25) is 0 Å². The monoisotopic (exact) mass is 329 g/mol. The normalized spacial score (nSPS) is 15.1. The van der Waals surface area contributed by atoms with Gasteiger partial charge in [0.15, 0.2) is 5.69 Å². The Morgan fingerprint density at radius 1 is 1.25 bits per heavy atom. The fraction of sp³-hybridized carbons (Fsp3) is 0.375. The number of aromatic nitrogens is 2. The first-order chi connectivity index (χ1) is 11.6. The number of piperidine rings is 1. The summed E-state index contributed by atoms with van der Waals surface area (Å²) in [4.78, 5) is 29.9. The van der Waals surface area contributed by atoms with Crippen LogP contribution in [0.1, 0.15) is 29.1 Å². The number of nitrogens with zero attached hydrogens (tertiary/aromatic N) is 3. The van der Waals surface area contributed by atoms with E-state index >= 15 is 0 Å². The molecule has 0 atom stereocenters. The first kappa shape index (κ1) is 16.0. The van der Waals surface area contributed by atoms with Gasteiger partial charge in [-0.15, -0.1) is 0 Å². The van der Waals surface area contributed by atoms with E-state index in [0.29, 0.717) is 37.4 Å². The van der Waals surface area contributed by atoms with Crippen LogP contribution in [0.2, 0.25) is 0 Å². The van der Waals surface area contributed by atoms with E-state index in [9.17, 15) is 9.59 Å². The highest BCUT2D eigenvalue weighted by Gasteiger charge is 2.25. The Kier molecular flexibility index (Phi) is 4.74. The molecule has 0 bridgehead atoms. The summed E-state index contributed by atoms with van der Waals surface area (Å²) in [5.74, 6) is 0.356. The zero-order valence-corrected chi connectivity index (χ0v) is 13.4. The van der Waals surface area contributed by atoms with Crippen molar-refractivity contribution < 1.29 is 14.1 Å². The molecule has 0 radical (unpaired) electrons. The third kappa shape index (κ3) is 3.89. The lowest BCUT2D eigenvalue weighted by Crippen LogP contribution is -2.47. The van der Waals surface area contributed by atoms with Gasteiger partial charge in [0.25, 0.3) is 5.91 Å². The first-order valence-electron chi connectivity index (χ1n) is 7.82. The predicted octanol–water partition coefficient (Wildman–Crippen LogP) is 1.80. The number of hydrogen-bond acceptors (Lipinski definition) is 5. The number of carbonyl (C=O) groups excluding carboxylic acids is 2. The number of carbonyl (C=O) groups is 2. The quantitative estimate of drug-likeness (QED) is 0.894. The predicted molar refractivity (Wildman–Crippen MR) is 86.6 cm³/mol. The lowest BCUT2D eigenvalue weighted by atomic mass is 10.1. The highest BCUT2D eigenvalue weighted by Crippen LogP contribution is 2.13. The molecular weight excluding hydrogens is 310 g/mol. The molecule has 0 unspecified atom stereocenters. The number of anilines is 1. The van der Waals surface area contributed by atoms with E-state index in [1.165, 1.54) is 0 Å². The number of urea groups is 1. The fourth-order valence-corrected chi connectivity index (χ4v) is 2.60. The Morgan fingerprint density at radius 2 is 1.96 bits per heavy atom. The number of rotatable bonds is 3. The summed E-state index contributed by atoms with van der Waals surface area (Å²) >= 11 is 0. The minimum Gasteiger partial charge on any atom is -0.361 e. The van der Waals surface area contributed by atoms with Crippen molar-refractivity contribution in [3.63, 3.8) is 0 Å². The maximum absolute atomic E-state index is 12.2. The average molecular weight is 329 g/mol. The number of aryl methyl sites for hydroxylation is 1. The van der Waals surface area contributed by atoms with Gasteiger partial charge in [-0.2, -0.15) is 0 Å². The Bertz CT molecular complexity index is 708. The van der Waals surface area contributed by atoms with Crippen molar-refractivity contribution in [2.75, 3.05) is 18.4 Å². The number of hydrogen-bond donors (Lipinski definition) is 2. The van der Waals surface area contributed by atoms with Gasteiger partial charge < -0.3 is 20.1 Å². The average Bonchev–Trinajstić information content (AvgIpc) is 3.03. The van der Waals surface area contributed by atoms with E-state index in [1.54, 1.807) is 42.4 Å². The molecule has 1 saturated heterocycles. The summed E-state index contributed by atoms with van der Waals surface area (Å²) in [6, 6.07) is 4.97. The van der Waals surface area contributed by atoms with Crippen LogP contribution in [0.3, 0.4) is 0 Å². The molecule has 3 amide bonds. The topological polar surface area (TPSA) is 100 Å². The maximum Gasteiger partial charge on any atom is 0.321 e. The number of amides is 3. The van der Waals surface area contributed by atoms with Crippen LogP contribution in [0.5, 0.6) is 0 Å². The molecule has 126 valence electrons. The van der Waals surface area contributed by atoms with Crippen LogP contribution in [0.15, 0.2) is 35.1 Å². The van der Waals surface area contributed by atoms with E-state index in [2.05, 4.69) is 20.8 Å².